The van der Waals surface area contributed by atoms with Crippen molar-refractivity contribution in [3.63, 3.8) is 0 Å². The second kappa shape index (κ2) is 5.66. The lowest BCUT2D eigenvalue weighted by molar-refractivity contribution is 0.591. The summed E-state index contributed by atoms with van der Waals surface area (Å²) in [6, 6.07) is 3.46. The number of nitrogens with one attached hydrogen (secondary N) is 1. The molecule has 102 valence electrons. The van der Waals surface area contributed by atoms with Crippen molar-refractivity contribution in [2.24, 2.45) is 12.8 Å². The first-order valence-electron chi connectivity index (χ1n) is 6.11. The fourth-order valence-electron chi connectivity index (χ4n) is 1.83. The summed E-state index contributed by atoms with van der Waals surface area (Å²) >= 11 is 0. The molecule has 0 aliphatic heterocycles. The number of nitrogens with two attached hydrogens (primary N) is 1. The van der Waals surface area contributed by atoms with E-state index in [0.717, 1.165) is 11.4 Å². The molecule has 0 atom stereocenters. The molecule has 0 fully saturated rings. The van der Waals surface area contributed by atoms with Gasteiger partial charge < -0.3 is 11.1 Å². The standard InChI is InChI=1S/C12H18N6O/c1-9-5-11(17(2)16-9)8-18-12(19)6-10(7-15-18)14-4-3-13/h5-7,14H,3-4,8,13H2,1-2H3. The molecule has 7 heteroatoms. The average Bonchev–Trinajstić information content (AvgIpc) is 2.68. The van der Waals surface area contributed by atoms with Crippen molar-refractivity contribution < 1.29 is 0 Å². The zero-order chi connectivity index (χ0) is 13.8. The van der Waals surface area contributed by atoms with E-state index in [4.69, 9.17) is 5.73 Å². The lowest BCUT2D eigenvalue weighted by Crippen LogP contribution is -2.24. The molecule has 3 N–H and O–H groups in total. The van der Waals surface area contributed by atoms with Gasteiger partial charge in [0.05, 0.1) is 29.8 Å². The van der Waals surface area contributed by atoms with Crippen LogP contribution in [0.5, 0.6) is 0 Å². The van der Waals surface area contributed by atoms with E-state index in [0.29, 0.717) is 25.3 Å². The Morgan fingerprint density at radius 3 is 2.79 bits per heavy atom. The summed E-state index contributed by atoms with van der Waals surface area (Å²) in [4.78, 5) is 11.9. The number of anilines is 1. The monoisotopic (exact) mass is 262 g/mol. The van der Waals surface area contributed by atoms with Gasteiger partial charge >= 0.3 is 0 Å². The molecule has 0 unspecified atom stereocenters. The van der Waals surface area contributed by atoms with Gasteiger partial charge in [-0.15, -0.1) is 0 Å². The Bertz CT molecular complexity index is 615. The van der Waals surface area contributed by atoms with Gasteiger partial charge in [0.15, 0.2) is 0 Å². The summed E-state index contributed by atoms with van der Waals surface area (Å²) in [5.41, 5.74) is 7.79. The topological polar surface area (TPSA) is 90.8 Å². The van der Waals surface area contributed by atoms with Crippen LogP contribution in [0.1, 0.15) is 11.4 Å². The van der Waals surface area contributed by atoms with Crippen molar-refractivity contribution in [1.29, 1.82) is 0 Å². The highest BCUT2D eigenvalue weighted by atomic mass is 16.1. The maximum Gasteiger partial charge on any atom is 0.269 e. The van der Waals surface area contributed by atoms with Crippen LogP contribution >= 0.6 is 0 Å². The molecule has 2 aromatic heterocycles. The number of hydrogen-bond acceptors (Lipinski definition) is 5. The zero-order valence-corrected chi connectivity index (χ0v) is 11.1. The van der Waals surface area contributed by atoms with Crippen LogP contribution in [0.2, 0.25) is 0 Å². The molecular formula is C12H18N6O. The van der Waals surface area contributed by atoms with E-state index in [1.807, 2.05) is 20.0 Å². The van der Waals surface area contributed by atoms with Crippen molar-refractivity contribution in [3.05, 3.63) is 40.1 Å². The van der Waals surface area contributed by atoms with E-state index >= 15 is 0 Å². The molecule has 0 amide bonds. The lowest BCUT2D eigenvalue weighted by Gasteiger charge is -2.07. The highest BCUT2D eigenvalue weighted by Crippen LogP contribution is 2.04. The second-order valence-corrected chi connectivity index (χ2v) is 4.36. The SMILES string of the molecule is Cc1cc(Cn2ncc(NCCN)cc2=O)n(C)n1. The zero-order valence-electron chi connectivity index (χ0n) is 11.1. The minimum absolute atomic E-state index is 0.152. The molecule has 0 aliphatic carbocycles. The molecule has 0 radical (unpaired) electrons. The summed E-state index contributed by atoms with van der Waals surface area (Å²) in [6.45, 7) is 3.45. The third-order valence-electron chi connectivity index (χ3n) is 2.75. The number of aromatic nitrogens is 4. The Morgan fingerprint density at radius 2 is 2.21 bits per heavy atom. The maximum absolute atomic E-state index is 11.9. The van der Waals surface area contributed by atoms with Gasteiger partial charge in [0.25, 0.3) is 5.56 Å². The molecule has 2 rings (SSSR count). The summed E-state index contributed by atoms with van der Waals surface area (Å²) in [6.07, 6.45) is 1.63. The van der Waals surface area contributed by atoms with Gasteiger partial charge in [-0.25, -0.2) is 4.68 Å². The third-order valence-corrected chi connectivity index (χ3v) is 2.75. The van der Waals surface area contributed by atoms with Crippen LogP contribution in [0.3, 0.4) is 0 Å². The molecule has 2 aromatic rings. The van der Waals surface area contributed by atoms with E-state index in [2.05, 4.69) is 15.5 Å². The molecule has 0 saturated carbocycles. The van der Waals surface area contributed by atoms with Gasteiger partial charge in [0.1, 0.15) is 0 Å². The van der Waals surface area contributed by atoms with E-state index in [1.54, 1.807) is 10.9 Å². The molecule has 0 saturated heterocycles. The van der Waals surface area contributed by atoms with Crippen molar-refractivity contribution in [2.75, 3.05) is 18.4 Å². The fourth-order valence-corrected chi connectivity index (χ4v) is 1.83. The van der Waals surface area contributed by atoms with Crippen LogP contribution in [0, 0.1) is 6.92 Å². The highest BCUT2D eigenvalue weighted by Gasteiger charge is 2.05. The van der Waals surface area contributed by atoms with E-state index in [1.165, 1.54) is 10.7 Å². The van der Waals surface area contributed by atoms with Crippen molar-refractivity contribution in [3.8, 4) is 0 Å². The predicted molar refractivity (Wildman–Crippen MR) is 73.1 cm³/mol. The summed E-state index contributed by atoms with van der Waals surface area (Å²) in [5, 5.41) is 11.4. The minimum atomic E-state index is -0.152. The number of nitrogens with zero attached hydrogens (tertiary/aromatic N) is 4. The first kappa shape index (κ1) is 13.3. The quantitative estimate of drug-likeness (QED) is 0.772. The Balaban J connectivity index is 2.17. The van der Waals surface area contributed by atoms with Crippen molar-refractivity contribution >= 4 is 5.69 Å². The van der Waals surface area contributed by atoms with Gasteiger partial charge in [-0.2, -0.15) is 10.2 Å². The summed E-state index contributed by atoms with van der Waals surface area (Å²) in [5.74, 6) is 0. The van der Waals surface area contributed by atoms with Crippen LogP contribution in [-0.4, -0.2) is 32.7 Å². The van der Waals surface area contributed by atoms with Gasteiger partial charge in [0, 0.05) is 26.2 Å². The fraction of sp³-hybridized carbons (Fsp3) is 0.417. The summed E-state index contributed by atoms with van der Waals surface area (Å²) < 4.78 is 3.16. The van der Waals surface area contributed by atoms with Crippen LogP contribution < -0.4 is 16.6 Å². The van der Waals surface area contributed by atoms with Gasteiger partial charge in [-0.05, 0) is 13.0 Å². The Morgan fingerprint density at radius 1 is 1.42 bits per heavy atom. The molecule has 0 aromatic carbocycles. The molecule has 0 bridgehead atoms. The van der Waals surface area contributed by atoms with E-state index in [9.17, 15) is 4.79 Å². The number of aryl methyl sites for hydroxylation is 2. The minimum Gasteiger partial charge on any atom is -0.382 e. The van der Waals surface area contributed by atoms with Crippen LogP contribution in [0.4, 0.5) is 5.69 Å². The van der Waals surface area contributed by atoms with Crippen LogP contribution in [0.25, 0.3) is 0 Å². The van der Waals surface area contributed by atoms with Gasteiger partial charge in [-0.3, -0.25) is 9.48 Å². The summed E-state index contributed by atoms with van der Waals surface area (Å²) in [7, 11) is 1.85. The first-order valence-corrected chi connectivity index (χ1v) is 6.11. The van der Waals surface area contributed by atoms with Gasteiger partial charge in [-0.1, -0.05) is 0 Å². The molecule has 0 aliphatic rings. The molecule has 0 spiro atoms. The van der Waals surface area contributed by atoms with Crippen LogP contribution in [0.15, 0.2) is 23.1 Å². The Labute approximate surface area is 111 Å². The van der Waals surface area contributed by atoms with E-state index in [-0.39, 0.29) is 5.56 Å². The number of rotatable bonds is 5. The second-order valence-electron chi connectivity index (χ2n) is 4.36. The Kier molecular flexibility index (Phi) is 3.96. The van der Waals surface area contributed by atoms with Crippen LogP contribution in [-0.2, 0) is 13.6 Å². The predicted octanol–water partition coefficient (Wildman–Crippen LogP) is -0.296. The third kappa shape index (κ3) is 3.19. The maximum atomic E-state index is 11.9. The average molecular weight is 262 g/mol. The molecular weight excluding hydrogens is 244 g/mol. The van der Waals surface area contributed by atoms with Crippen molar-refractivity contribution in [2.45, 2.75) is 13.5 Å². The molecule has 19 heavy (non-hydrogen) atoms. The number of hydrogen-bond donors (Lipinski definition) is 2. The highest BCUT2D eigenvalue weighted by molar-refractivity contribution is 5.38. The molecule has 7 nitrogen and oxygen atoms in total. The van der Waals surface area contributed by atoms with E-state index < -0.39 is 0 Å². The molecule has 2 heterocycles. The van der Waals surface area contributed by atoms with Crippen molar-refractivity contribution in [1.82, 2.24) is 19.6 Å². The first-order chi connectivity index (χ1) is 9.10. The largest absolute Gasteiger partial charge is 0.382 e. The van der Waals surface area contributed by atoms with Gasteiger partial charge in [0.2, 0.25) is 0 Å². The smallest absolute Gasteiger partial charge is 0.269 e. The normalized spacial score (nSPS) is 10.7. The lowest BCUT2D eigenvalue weighted by atomic mass is 10.3. The Hall–Kier alpha value is -2.15.